The molecular formula is C15H16ClNO6S. The molecule has 0 aliphatic carbocycles. The third kappa shape index (κ3) is 3.59. The van der Waals surface area contributed by atoms with Crippen molar-refractivity contribution in [3.8, 4) is 0 Å². The van der Waals surface area contributed by atoms with Crippen molar-refractivity contribution in [2.75, 3.05) is 18.6 Å². The number of halogens is 1. The number of amides is 1. The zero-order valence-electron chi connectivity index (χ0n) is 13.0. The Labute approximate surface area is 146 Å². The van der Waals surface area contributed by atoms with Crippen molar-refractivity contribution in [2.24, 2.45) is 0 Å². The molecule has 1 aromatic rings. The normalized spacial score (nSPS) is 23.6. The number of esters is 1. The molecule has 0 bridgehead atoms. The van der Waals surface area contributed by atoms with Gasteiger partial charge in [0.2, 0.25) is 0 Å². The van der Waals surface area contributed by atoms with Gasteiger partial charge < -0.3 is 14.7 Å². The lowest BCUT2D eigenvalue weighted by Gasteiger charge is -2.38. The highest BCUT2D eigenvalue weighted by Gasteiger charge is 2.39. The van der Waals surface area contributed by atoms with Gasteiger partial charge in [-0.25, -0.2) is 9.59 Å². The van der Waals surface area contributed by atoms with Gasteiger partial charge in [-0.3, -0.25) is 9.00 Å². The molecule has 0 spiro atoms. The maximum Gasteiger partial charge on any atom is 0.339 e. The molecule has 1 fully saturated rings. The van der Waals surface area contributed by atoms with Gasteiger partial charge in [-0.2, -0.15) is 0 Å². The number of aliphatic carboxylic acids is 1. The predicted octanol–water partition coefficient (Wildman–Crippen LogP) is 1.17. The molecule has 7 nitrogen and oxygen atoms in total. The summed E-state index contributed by atoms with van der Waals surface area (Å²) < 4.78 is 16.4. The summed E-state index contributed by atoms with van der Waals surface area (Å²) in [5.74, 6) is -2.40. The van der Waals surface area contributed by atoms with E-state index in [0.717, 1.165) is 0 Å². The third-order valence-corrected chi connectivity index (χ3v) is 5.59. The predicted molar refractivity (Wildman–Crippen MR) is 87.7 cm³/mol. The lowest BCUT2D eigenvalue weighted by molar-refractivity contribution is -0.142. The first kappa shape index (κ1) is 18.4. The Hall–Kier alpha value is -1.93. The van der Waals surface area contributed by atoms with Crippen LogP contribution in [0.2, 0.25) is 5.02 Å². The Balaban J connectivity index is 2.41. The van der Waals surface area contributed by atoms with Crippen LogP contribution in [0, 0.1) is 0 Å². The summed E-state index contributed by atoms with van der Waals surface area (Å²) in [7, 11) is -0.111. The minimum atomic E-state index is -1.30. The van der Waals surface area contributed by atoms with E-state index in [9.17, 15) is 23.7 Å². The Bertz CT molecular complexity index is 722. The van der Waals surface area contributed by atoms with E-state index in [-0.39, 0.29) is 27.7 Å². The minimum absolute atomic E-state index is 0.0186. The standard InChI is InChI=1S/C15H16ClNO6S/c1-8-6-24(22)7-12(14(19)20)17(8)13(18)9-3-4-11(16)10(5-9)15(21)23-2/h3-5,8,12H,6-7H2,1-2H3,(H,19,20). The number of carbonyl (C=O) groups is 3. The number of ether oxygens (including phenoxy) is 1. The number of methoxy groups -OCH3 is 1. The Morgan fingerprint density at radius 2 is 2.00 bits per heavy atom. The number of nitrogens with zero attached hydrogens (tertiary/aromatic N) is 1. The quantitative estimate of drug-likeness (QED) is 0.798. The van der Waals surface area contributed by atoms with Crippen LogP contribution in [0.1, 0.15) is 27.6 Å². The van der Waals surface area contributed by atoms with Gasteiger partial charge in [0.1, 0.15) is 6.04 Å². The molecule has 24 heavy (non-hydrogen) atoms. The number of benzene rings is 1. The zero-order chi connectivity index (χ0) is 18.0. The summed E-state index contributed by atoms with van der Waals surface area (Å²) in [6, 6.07) is 2.37. The summed E-state index contributed by atoms with van der Waals surface area (Å²) in [5, 5.41) is 9.47. The average molecular weight is 374 g/mol. The lowest BCUT2D eigenvalue weighted by Crippen LogP contribution is -2.57. The summed E-state index contributed by atoms with van der Waals surface area (Å²) in [5.41, 5.74) is 0.135. The maximum atomic E-state index is 12.8. The van der Waals surface area contributed by atoms with Crippen molar-refractivity contribution >= 4 is 40.2 Å². The maximum absolute atomic E-state index is 12.8. The fourth-order valence-electron chi connectivity index (χ4n) is 2.59. The van der Waals surface area contributed by atoms with Crippen LogP contribution in [0.5, 0.6) is 0 Å². The highest BCUT2D eigenvalue weighted by Crippen LogP contribution is 2.23. The molecule has 0 aromatic heterocycles. The largest absolute Gasteiger partial charge is 0.480 e. The van der Waals surface area contributed by atoms with E-state index in [0.29, 0.717) is 0 Å². The SMILES string of the molecule is COC(=O)c1cc(C(=O)N2C(C)CS(=O)CC2C(=O)O)ccc1Cl. The topological polar surface area (TPSA) is 101 Å². The number of carboxylic acids is 1. The molecule has 0 saturated carbocycles. The van der Waals surface area contributed by atoms with E-state index < -0.39 is 40.7 Å². The summed E-state index contributed by atoms with van der Waals surface area (Å²) in [6.45, 7) is 1.64. The molecule has 1 amide bonds. The third-order valence-electron chi connectivity index (χ3n) is 3.72. The van der Waals surface area contributed by atoms with Crippen molar-refractivity contribution in [3.63, 3.8) is 0 Å². The van der Waals surface area contributed by atoms with E-state index in [1.807, 2.05) is 0 Å². The van der Waals surface area contributed by atoms with Gasteiger partial charge in [0.15, 0.2) is 0 Å². The van der Waals surface area contributed by atoms with Crippen LogP contribution in [0.15, 0.2) is 18.2 Å². The average Bonchev–Trinajstić information content (AvgIpc) is 2.53. The smallest absolute Gasteiger partial charge is 0.339 e. The second-order valence-electron chi connectivity index (χ2n) is 5.37. The molecular weight excluding hydrogens is 358 g/mol. The molecule has 3 unspecified atom stereocenters. The lowest BCUT2D eigenvalue weighted by atomic mass is 10.1. The fourth-order valence-corrected chi connectivity index (χ4v) is 4.27. The van der Waals surface area contributed by atoms with E-state index in [4.69, 9.17) is 11.6 Å². The highest BCUT2D eigenvalue weighted by atomic mass is 35.5. The molecule has 0 radical (unpaired) electrons. The number of rotatable bonds is 3. The monoisotopic (exact) mass is 373 g/mol. The Morgan fingerprint density at radius 3 is 2.58 bits per heavy atom. The van der Waals surface area contributed by atoms with Gasteiger partial charge in [0.25, 0.3) is 5.91 Å². The molecule has 3 atom stereocenters. The van der Waals surface area contributed by atoms with E-state index in [2.05, 4.69) is 4.74 Å². The number of carbonyl (C=O) groups excluding carboxylic acids is 2. The minimum Gasteiger partial charge on any atom is -0.480 e. The molecule has 1 heterocycles. The summed E-state index contributed by atoms with van der Waals surface area (Å²) in [6.07, 6.45) is 0. The second kappa shape index (κ2) is 7.31. The number of hydrogen-bond acceptors (Lipinski definition) is 5. The van der Waals surface area contributed by atoms with Crippen LogP contribution < -0.4 is 0 Å². The van der Waals surface area contributed by atoms with E-state index in [1.54, 1.807) is 6.92 Å². The molecule has 130 valence electrons. The molecule has 2 rings (SSSR count). The van der Waals surface area contributed by atoms with Gasteiger partial charge >= 0.3 is 11.9 Å². The zero-order valence-corrected chi connectivity index (χ0v) is 14.6. The van der Waals surface area contributed by atoms with Crippen molar-refractivity contribution in [1.29, 1.82) is 0 Å². The summed E-state index contributed by atoms with van der Waals surface area (Å²) in [4.78, 5) is 37.1. The van der Waals surface area contributed by atoms with Gasteiger partial charge in [-0.15, -0.1) is 0 Å². The van der Waals surface area contributed by atoms with E-state index >= 15 is 0 Å². The highest BCUT2D eigenvalue weighted by molar-refractivity contribution is 7.85. The molecule has 9 heteroatoms. The first-order chi connectivity index (χ1) is 11.3. The van der Waals surface area contributed by atoms with Gasteiger partial charge in [0.05, 0.1) is 23.4 Å². The first-order valence-electron chi connectivity index (χ1n) is 7.04. The van der Waals surface area contributed by atoms with E-state index in [1.165, 1.54) is 30.2 Å². The van der Waals surface area contributed by atoms with Crippen LogP contribution >= 0.6 is 11.6 Å². The Kier molecular flexibility index (Phi) is 5.61. The Morgan fingerprint density at radius 1 is 1.33 bits per heavy atom. The van der Waals surface area contributed by atoms with Crippen LogP contribution in [0.3, 0.4) is 0 Å². The molecule has 1 saturated heterocycles. The molecule has 1 N–H and O–H groups in total. The fraction of sp³-hybridized carbons (Fsp3) is 0.400. The van der Waals surface area contributed by atoms with Crippen LogP contribution in [-0.2, 0) is 20.3 Å². The first-order valence-corrected chi connectivity index (χ1v) is 8.91. The van der Waals surface area contributed by atoms with Crippen molar-refractivity contribution in [2.45, 2.75) is 19.0 Å². The number of carboxylic acid groups (broad SMARTS) is 1. The van der Waals surface area contributed by atoms with Crippen molar-refractivity contribution < 1.29 is 28.4 Å². The van der Waals surface area contributed by atoms with Crippen molar-refractivity contribution in [3.05, 3.63) is 34.3 Å². The molecule has 1 aliphatic heterocycles. The van der Waals surface area contributed by atoms with Gasteiger partial charge in [-0.05, 0) is 25.1 Å². The number of hydrogen-bond donors (Lipinski definition) is 1. The van der Waals surface area contributed by atoms with Crippen LogP contribution in [0.25, 0.3) is 0 Å². The second-order valence-corrected chi connectivity index (χ2v) is 7.33. The van der Waals surface area contributed by atoms with Crippen LogP contribution in [0.4, 0.5) is 0 Å². The van der Waals surface area contributed by atoms with Gasteiger partial charge in [-0.1, -0.05) is 11.6 Å². The van der Waals surface area contributed by atoms with Gasteiger partial charge in [0, 0.05) is 28.2 Å². The summed E-state index contributed by atoms with van der Waals surface area (Å²) >= 11 is 5.93. The molecule has 1 aliphatic rings. The van der Waals surface area contributed by atoms with Crippen LogP contribution in [-0.4, -0.2) is 62.8 Å². The van der Waals surface area contributed by atoms with Crippen molar-refractivity contribution in [1.82, 2.24) is 4.90 Å². The molecule has 1 aromatic carbocycles.